The van der Waals surface area contributed by atoms with Gasteiger partial charge in [0.15, 0.2) is 0 Å². The lowest BCUT2D eigenvalue weighted by Crippen LogP contribution is -2.12. The molecule has 18 heavy (non-hydrogen) atoms. The molecule has 0 saturated heterocycles. The van der Waals surface area contributed by atoms with Crippen molar-refractivity contribution in [3.8, 4) is 22.9 Å². The Bertz CT molecular complexity index is 504. The largest absolute Gasteiger partial charge is 0.496 e. The third kappa shape index (κ3) is 2.25. The summed E-state index contributed by atoms with van der Waals surface area (Å²) < 4.78 is 10.6. The summed E-state index contributed by atoms with van der Waals surface area (Å²) in [5, 5.41) is 12.1. The average Bonchev–Trinajstić information content (AvgIpc) is 2.86. The maximum Gasteiger partial charge on any atom is 0.212 e. The molecule has 1 aromatic heterocycles. The summed E-state index contributed by atoms with van der Waals surface area (Å²) >= 11 is 0. The number of hydrogen-bond acceptors (Lipinski definition) is 6. The number of aromatic nitrogens is 4. The van der Waals surface area contributed by atoms with Gasteiger partial charge in [0.25, 0.3) is 0 Å². The Morgan fingerprint density at radius 3 is 2.44 bits per heavy atom. The van der Waals surface area contributed by atoms with Gasteiger partial charge < -0.3 is 15.2 Å². The molecule has 1 heterocycles. The standard InChI is InChI=1S/C11H15N5O2/c1-17-8-4-3-5-9(18-2)10(8)11-13-15-16(14-11)7-6-12/h3-5H,6-7,12H2,1-2H3. The van der Waals surface area contributed by atoms with Crippen LogP contribution in [0, 0.1) is 0 Å². The lowest BCUT2D eigenvalue weighted by Gasteiger charge is -2.09. The number of rotatable bonds is 5. The maximum atomic E-state index is 5.44. The van der Waals surface area contributed by atoms with Crippen molar-refractivity contribution >= 4 is 0 Å². The summed E-state index contributed by atoms with van der Waals surface area (Å²) in [5.74, 6) is 1.74. The Labute approximate surface area is 104 Å². The van der Waals surface area contributed by atoms with E-state index in [1.54, 1.807) is 14.2 Å². The van der Waals surface area contributed by atoms with Gasteiger partial charge in [-0.15, -0.1) is 10.2 Å². The first kappa shape index (κ1) is 12.3. The predicted octanol–water partition coefficient (Wildman–Crippen LogP) is 0.316. The Morgan fingerprint density at radius 2 is 1.89 bits per heavy atom. The molecule has 0 spiro atoms. The first-order valence-electron chi connectivity index (χ1n) is 5.49. The fourth-order valence-corrected chi connectivity index (χ4v) is 1.63. The second-order valence-corrected chi connectivity index (χ2v) is 3.54. The van der Waals surface area contributed by atoms with Gasteiger partial charge >= 0.3 is 0 Å². The van der Waals surface area contributed by atoms with Gasteiger partial charge in [0.2, 0.25) is 5.82 Å². The van der Waals surface area contributed by atoms with E-state index in [-0.39, 0.29) is 0 Å². The number of hydrogen-bond donors (Lipinski definition) is 1. The summed E-state index contributed by atoms with van der Waals surface area (Å²) in [6.07, 6.45) is 0. The molecule has 1 aromatic carbocycles. The van der Waals surface area contributed by atoms with Gasteiger partial charge in [0.05, 0.1) is 20.8 Å². The Morgan fingerprint density at radius 1 is 1.22 bits per heavy atom. The van der Waals surface area contributed by atoms with Crippen LogP contribution in [0.15, 0.2) is 18.2 Å². The molecule has 0 aliphatic heterocycles. The fraction of sp³-hybridized carbons (Fsp3) is 0.364. The highest BCUT2D eigenvalue weighted by Crippen LogP contribution is 2.35. The van der Waals surface area contributed by atoms with Crippen molar-refractivity contribution in [2.75, 3.05) is 20.8 Å². The molecular weight excluding hydrogens is 234 g/mol. The molecule has 7 nitrogen and oxygen atoms in total. The van der Waals surface area contributed by atoms with Crippen molar-refractivity contribution in [3.05, 3.63) is 18.2 Å². The van der Waals surface area contributed by atoms with Gasteiger partial charge in [0, 0.05) is 6.54 Å². The van der Waals surface area contributed by atoms with Crippen LogP contribution in [0.3, 0.4) is 0 Å². The van der Waals surface area contributed by atoms with E-state index in [1.165, 1.54) is 4.80 Å². The lowest BCUT2D eigenvalue weighted by atomic mass is 10.1. The van der Waals surface area contributed by atoms with Gasteiger partial charge in [-0.2, -0.15) is 4.80 Å². The van der Waals surface area contributed by atoms with Crippen molar-refractivity contribution in [2.45, 2.75) is 6.54 Å². The van der Waals surface area contributed by atoms with Crippen LogP contribution in [0.1, 0.15) is 0 Å². The van der Waals surface area contributed by atoms with Crippen molar-refractivity contribution in [1.29, 1.82) is 0 Å². The summed E-state index contributed by atoms with van der Waals surface area (Å²) in [6.45, 7) is 0.976. The minimum atomic E-state index is 0.456. The van der Waals surface area contributed by atoms with E-state index >= 15 is 0 Å². The zero-order chi connectivity index (χ0) is 13.0. The molecule has 0 aliphatic rings. The minimum absolute atomic E-state index is 0.456. The van der Waals surface area contributed by atoms with Crippen LogP contribution in [0.25, 0.3) is 11.4 Å². The second kappa shape index (κ2) is 5.46. The number of tetrazole rings is 1. The Hall–Kier alpha value is -2.15. The SMILES string of the molecule is COc1cccc(OC)c1-c1nnn(CCN)n1. The molecule has 7 heteroatoms. The van der Waals surface area contributed by atoms with Crippen molar-refractivity contribution in [3.63, 3.8) is 0 Å². The van der Waals surface area contributed by atoms with Crippen LogP contribution >= 0.6 is 0 Å². The summed E-state index contributed by atoms with van der Waals surface area (Å²) in [5.41, 5.74) is 6.13. The highest BCUT2D eigenvalue weighted by molar-refractivity contribution is 5.71. The quantitative estimate of drug-likeness (QED) is 0.820. The predicted molar refractivity (Wildman–Crippen MR) is 65.4 cm³/mol. The molecule has 0 unspecified atom stereocenters. The zero-order valence-electron chi connectivity index (χ0n) is 10.3. The van der Waals surface area contributed by atoms with Crippen LogP contribution in [0.2, 0.25) is 0 Å². The zero-order valence-corrected chi connectivity index (χ0v) is 10.3. The fourth-order valence-electron chi connectivity index (χ4n) is 1.63. The Balaban J connectivity index is 2.47. The van der Waals surface area contributed by atoms with Crippen LogP contribution in [-0.4, -0.2) is 41.0 Å². The van der Waals surface area contributed by atoms with E-state index in [4.69, 9.17) is 15.2 Å². The topological polar surface area (TPSA) is 88.1 Å². The summed E-state index contributed by atoms with van der Waals surface area (Å²) in [7, 11) is 3.17. The third-order valence-corrected chi connectivity index (χ3v) is 2.43. The molecular formula is C11H15N5O2. The molecule has 0 amide bonds. The van der Waals surface area contributed by atoms with Gasteiger partial charge in [-0.05, 0) is 17.3 Å². The molecule has 0 fully saturated rings. The van der Waals surface area contributed by atoms with Crippen LogP contribution in [-0.2, 0) is 6.54 Å². The minimum Gasteiger partial charge on any atom is -0.496 e. The third-order valence-electron chi connectivity index (χ3n) is 2.43. The number of ether oxygens (including phenoxy) is 2. The number of nitrogens with zero attached hydrogens (tertiary/aromatic N) is 4. The first-order chi connectivity index (χ1) is 8.80. The average molecular weight is 249 g/mol. The molecule has 2 rings (SSSR count). The van der Waals surface area contributed by atoms with Crippen LogP contribution in [0.5, 0.6) is 11.5 Å². The van der Waals surface area contributed by atoms with Gasteiger partial charge in [-0.3, -0.25) is 0 Å². The molecule has 2 N–H and O–H groups in total. The number of benzene rings is 1. The second-order valence-electron chi connectivity index (χ2n) is 3.54. The molecule has 0 saturated carbocycles. The number of methoxy groups -OCH3 is 2. The monoisotopic (exact) mass is 249 g/mol. The van der Waals surface area contributed by atoms with Gasteiger partial charge in [0.1, 0.15) is 17.1 Å². The van der Waals surface area contributed by atoms with Crippen LogP contribution in [0.4, 0.5) is 0 Å². The molecule has 0 atom stereocenters. The summed E-state index contributed by atoms with van der Waals surface area (Å²) in [6, 6.07) is 5.48. The van der Waals surface area contributed by atoms with Crippen molar-refractivity contribution in [2.24, 2.45) is 5.73 Å². The molecule has 2 aromatic rings. The van der Waals surface area contributed by atoms with E-state index in [9.17, 15) is 0 Å². The van der Waals surface area contributed by atoms with Crippen molar-refractivity contribution < 1.29 is 9.47 Å². The Kier molecular flexibility index (Phi) is 3.73. The van der Waals surface area contributed by atoms with Crippen molar-refractivity contribution in [1.82, 2.24) is 20.2 Å². The normalized spacial score (nSPS) is 10.4. The van der Waals surface area contributed by atoms with E-state index in [1.807, 2.05) is 18.2 Å². The first-order valence-corrected chi connectivity index (χ1v) is 5.49. The smallest absolute Gasteiger partial charge is 0.212 e. The van der Waals surface area contributed by atoms with E-state index in [0.29, 0.717) is 36.0 Å². The van der Waals surface area contributed by atoms with E-state index in [0.717, 1.165) is 0 Å². The molecule has 0 aliphatic carbocycles. The number of nitrogens with two attached hydrogens (primary N) is 1. The maximum absolute atomic E-state index is 5.44. The van der Waals surface area contributed by atoms with Gasteiger partial charge in [-0.25, -0.2) is 0 Å². The molecule has 0 radical (unpaired) electrons. The summed E-state index contributed by atoms with van der Waals surface area (Å²) in [4.78, 5) is 1.45. The molecule has 0 bridgehead atoms. The van der Waals surface area contributed by atoms with E-state index in [2.05, 4.69) is 15.4 Å². The highest BCUT2D eigenvalue weighted by Gasteiger charge is 2.17. The molecule has 96 valence electrons. The van der Waals surface area contributed by atoms with Gasteiger partial charge in [-0.1, -0.05) is 6.07 Å². The van der Waals surface area contributed by atoms with Crippen LogP contribution < -0.4 is 15.2 Å². The lowest BCUT2D eigenvalue weighted by molar-refractivity contribution is 0.397. The van der Waals surface area contributed by atoms with E-state index < -0.39 is 0 Å². The highest BCUT2D eigenvalue weighted by atomic mass is 16.5.